The van der Waals surface area contributed by atoms with Crippen LogP contribution >= 0.6 is 0 Å². The second kappa shape index (κ2) is 2.96. The van der Waals surface area contributed by atoms with Crippen molar-refractivity contribution in [3.63, 3.8) is 0 Å². The van der Waals surface area contributed by atoms with Crippen molar-refractivity contribution >= 4 is 5.91 Å². The molecule has 4 heteroatoms. The number of ether oxygens (including phenoxy) is 2. The molecule has 2 heterocycles. The van der Waals surface area contributed by atoms with Crippen molar-refractivity contribution in [2.45, 2.75) is 44.6 Å². The second-order valence-electron chi connectivity index (χ2n) is 4.08. The van der Waals surface area contributed by atoms with Gasteiger partial charge in [0, 0.05) is 6.42 Å². The molecule has 0 bridgehead atoms. The van der Waals surface area contributed by atoms with Gasteiger partial charge in [0.25, 0.3) is 0 Å². The summed E-state index contributed by atoms with van der Waals surface area (Å²) in [7, 11) is 0. The predicted molar refractivity (Wildman–Crippen MR) is 46.1 cm³/mol. The van der Waals surface area contributed by atoms with Gasteiger partial charge in [0.2, 0.25) is 5.91 Å². The summed E-state index contributed by atoms with van der Waals surface area (Å²) in [6, 6.07) is 0.147. The minimum absolute atomic E-state index is 0.0291. The molecule has 0 aromatic rings. The highest BCUT2D eigenvalue weighted by molar-refractivity contribution is 5.78. The van der Waals surface area contributed by atoms with Gasteiger partial charge in [-0.15, -0.1) is 0 Å². The first-order valence-corrected chi connectivity index (χ1v) is 4.68. The first-order chi connectivity index (χ1) is 6.07. The van der Waals surface area contributed by atoms with Crippen molar-refractivity contribution in [2.75, 3.05) is 6.61 Å². The Morgan fingerprint density at radius 3 is 2.77 bits per heavy atom. The SMILES string of the molecule is CC1(C)OC[C@H]([C@H]2CCC(=O)N2)O1. The topological polar surface area (TPSA) is 47.6 Å². The third-order valence-corrected chi connectivity index (χ3v) is 2.51. The van der Waals surface area contributed by atoms with E-state index in [0.717, 1.165) is 6.42 Å². The fourth-order valence-electron chi connectivity index (χ4n) is 1.83. The van der Waals surface area contributed by atoms with Crippen LogP contribution in [0.3, 0.4) is 0 Å². The Labute approximate surface area is 77.6 Å². The zero-order valence-corrected chi connectivity index (χ0v) is 8.00. The van der Waals surface area contributed by atoms with Crippen LogP contribution in [0.15, 0.2) is 0 Å². The third-order valence-electron chi connectivity index (χ3n) is 2.51. The number of rotatable bonds is 1. The van der Waals surface area contributed by atoms with E-state index in [1.54, 1.807) is 0 Å². The molecule has 0 unspecified atom stereocenters. The van der Waals surface area contributed by atoms with E-state index in [1.807, 2.05) is 13.8 Å². The lowest BCUT2D eigenvalue weighted by molar-refractivity contribution is -0.142. The van der Waals surface area contributed by atoms with Gasteiger partial charge in [-0.25, -0.2) is 0 Å². The summed E-state index contributed by atoms with van der Waals surface area (Å²) in [5.41, 5.74) is 0. The number of amides is 1. The average Bonchev–Trinajstić information content (AvgIpc) is 2.56. The van der Waals surface area contributed by atoms with Crippen molar-refractivity contribution in [1.82, 2.24) is 5.32 Å². The molecule has 2 atom stereocenters. The first kappa shape index (κ1) is 8.97. The van der Waals surface area contributed by atoms with Crippen LogP contribution in [-0.2, 0) is 14.3 Å². The number of carbonyl (C=O) groups excluding carboxylic acids is 1. The van der Waals surface area contributed by atoms with Crippen LogP contribution in [0.25, 0.3) is 0 Å². The highest BCUT2D eigenvalue weighted by atomic mass is 16.7. The molecule has 2 aliphatic heterocycles. The van der Waals surface area contributed by atoms with Crippen LogP contribution in [-0.4, -0.2) is 30.4 Å². The van der Waals surface area contributed by atoms with E-state index in [-0.39, 0.29) is 18.1 Å². The molecule has 0 radical (unpaired) electrons. The van der Waals surface area contributed by atoms with Gasteiger partial charge >= 0.3 is 0 Å². The molecule has 2 aliphatic rings. The van der Waals surface area contributed by atoms with Gasteiger partial charge < -0.3 is 14.8 Å². The molecule has 4 nitrogen and oxygen atoms in total. The number of hydrogen-bond donors (Lipinski definition) is 1. The van der Waals surface area contributed by atoms with Crippen LogP contribution in [0.5, 0.6) is 0 Å². The number of nitrogens with one attached hydrogen (secondary N) is 1. The van der Waals surface area contributed by atoms with Crippen molar-refractivity contribution in [3.8, 4) is 0 Å². The lowest BCUT2D eigenvalue weighted by atomic mass is 10.1. The Morgan fingerprint density at radius 1 is 1.54 bits per heavy atom. The van der Waals surface area contributed by atoms with Crippen molar-refractivity contribution in [2.24, 2.45) is 0 Å². The normalized spacial score (nSPS) is 37.8. The second-order valence-corrected chi connectivity index (χ2v) is 4.08. The summed E-state index contributed by atoms with van der Waals surface area (Å²) in [5.74, 6) is -0.365. The highest BCUT2D eigenvalue weighted by Gasteiger charge is 2.39. The average molecular weight is 185 g/mol. The Kier molecular flexibility index (Phi) is 2.04. The third kappa shape index (κ3) is 1.84. The molecule has 0 aliphatic carbocycles. The van der Waals surface area contributed by atoms with Crippen molar-refractivity contribution in [1.29, 1.82) is 0 Å². The van der Waals surface area contributed by atoms with E-state index < -0.39 is 5.79 Å². The van der Waals surface area contributed by atoms with Gasteiger partial charge in [-0.05, 0) is 20.3 Å². The summed E-state index contributed by atoms with van der Waals surface area (Å²) in [6.45, 7) is 4.37. The number of carbonyl (C=O) groups is 1. The summed E-state index contributed by atoms with van der Waals surface area (Å²) in [6.07, 6.45) is 1.51. The van der Waals surface area contributed by atoms with E-state index in [4.69, 9.17) is 9.47 Å². The van der Waals surface area contributed by atoms with Crippen LogP contribution in [0.4, 0.5) is 0 Å². The molecule has 1 N–H and O–H groups in total. The Morgan fingerprint density at radius 2 is 2.31 bits per heavy atom. The molecule has 13 heavy (non-hydrogen) atoms. The smallest absolute Gasteiger partial charge is 0.220 e. The molecule has 74 valence electrons. The van der Waals surface area contributed by atoms with Gasteiger partial charge in [0.15, 0.2) is 5.79 Å². The molecule has 0 spiro atoms. The standard InChI is InChI=1S/C9H15NO3/c1-9(2)12-5-7(13-9)6-3-4-8(11)10-6/h6-7H,3-5H2,1-2H3,(H,10,11)/t6-,7-/m1/s1. The largest absolute Gasteiger partial charge is 0.351 e. The van der Waals surface area contributed by atoms with E-state index in [0.29, 0.717) is 13.0 Å². The molecular weight excluding hydrogens is 170 g/mol. The molecule has 1 amide bonds. The zero-order valence-electron chi connectivity index (χ0n) is 8.00. The molecular formula is C9H15NO3. The monoisotopic (exact) mass is 185 g/mol. The van der Waals surface area contributed by atoms with Gasteiger partial charge in [0.05, 0.1) is 12.6 Å². The molecule has 2 fully saturated rings. The predicted octanol–water partition coefficient (Wildman–Crippen LogP) is 0.416. The van der Waals surface area contributed by atoms with Gasteiger partial charge in [-0.3, -0.25) is 4.79 Å². The minimum Gasteiger partial charge on any atom is -0.351 e. The zero-order chi connectivity index (χ0) is 9.47. The molecule has 0 aromatic heterocycles. The van der Waals surface area contributed by atoms with Crippen LogP contribution in [0, 0.1) is 0 Å². The quantitative estimate of drug-likeness (QED) is 0.644. The Hall–Kier alpha value is -0.610. The molecule has 0 saturated carbocycles. The van der Waals surface area contributed by atoms with Gasteiger partial charge in [0.1, 0.15) is 6.10 Å². The maximum Gasteiger partial charge on any atom is 0.220 e. The van der Waals surface area contributed by atoms with E-state index >= 15 is 0 Å². The van der Waals surface area contributed by atoms with Crippen molar-refractivity contribution < 1.29 is 14.3 Å². The summed E-state index contributed by atoms with van der Waals surface area (Å²) in [5, 5.41) is 2.89. The summed E-state index contributed by atoms with van der Waals surface area (Å²) < 4.78 is 11.1. The fourth-order valence-corrected chi connectivity index (χ4v) is 1.83. The van der Waals surface area contributed by atoms with Gasteiger partial charge in [-0.1, -0.05) is 0 Å². The molecule has 2 saturated heterocycles. The molecule has 0 aromatic carbocycles. The summed E-state index contributed by atoms with van der Waals surface area (Å²) >= 11 is 0. The maximum atomic E-state index is 11.0. The van der Waals surface area contributed by atoms with E-state index in [2.05, 4.69) is 5.32 Å². The van der Waals surface area contributed by atoms with E-state index in [9.17, 15) is 4.79 Å². The fraction of sp³-hybridized carbons (Fsp3) is 0.889. The summed E-state index contributed by atoms with van der Waals surface area (Å²) in [4.78, 5) is 11.0. The number of hydrogen-bond acceptors (Lipinski definition) is 3. The van der Waals surface area contributed by atoms with Crippen LogP contribution < -0.4 is 5.32 Å². The highest BCUT2D eigenvalue weighted by Crippen LogP contribution is 2.26. The Bertz CT molecular complexity index is 227. The van der Waals surface area contributed by atoms with Gasteiger partial charge in [-0.2, -0.15) is 0 Å². The van der Waals surface area contributed by atoms with Crippen LogP contribution in [0.2, 0.25) is 0 Å². The first-order valence-electron chi connectivity index (χ1n) is 4.68. The van der Waals surface area contributed by atoms with Crippen LogP contribution in [0.1, 0.15) is 26.7 Å². The van der Waals surface area contributed by atoms with Crippen molar-refractivity contribution in [3.05, 3.63) is 0 Å². The minimum atomic E-state index is -0.488. The lowest BCUT2D eigenvalue weighted by Gasteiger charge is -2.20. The lowest BCUT2D eigenvalue weighted by Crippen LogP contribution is -2.39. The Balaban J connectivity index is 1.93. The maximum absolute atomic E-state index is 11.0. The molecule has 2 rings (SSSR count). The van der Waals surface area contributed by atoms with E-state index in [1.165, 1.54) is 0 Å².